The van der Waals surface area contributed by atoms with E-state index in [1.165, 1.54) is 34.3 Å². The van der Waals surface area contributed by atoms with Crippen LogP contribution >= 0.6 is 0 Å². The Morgan fingerprint density at radius 1 is 0.651 bits per heavy atom. The van der Waals surface area contributed by atoms with Gasteiger partial charge in [-0.05, 0) is 66.6 Å². The van der Waals surface area contributed by atoms with Crippen LogP contribution in [-0.4, -0.2) is 43.3 Å². The number of rotatable bonds is 15. The molecule has 0 bridgehead atoms. The summed E-state index contributed by atoms with van der Waals surface area (Å²) in [6.45, 7) is 12.5. The summed E-state index contributed by atoms with van der Waals surface area (Å²) in [6, 6.07) is 33.2. The summed E-state index contributed by atoms with van der Waals surface area (Å²) in [6.07, 6.45) is 6.73. The van der Waals surface area contributed by atoms with Crippen LogP contribution in [0.3, 0.4) is 0 Å². The third-order valence-corrected chi connectivity index (χ3v) is 7.11. The molecule has 0 atom stereocenters. The number of hydrazone groups is 2. The smallest absolute Gasteiger partial charge is 0.107 e. The molecule has 43 heavy (non-hydrogen) atoms. The van der Waals surface area contributed by atoms with E-state index in [0.29, 0.717) is 26.3 Å². The van der Waals surface area contributed by atoms with Crippen LogP contribution in [0.25, 0.3) is 21.8 Å². The standard InChI is InChI=1S/C36H37N5O2/c1-4-39-35-19-17-29(27-37-40(21-23-42-5-2)31-13-9-7-10-14-31)25-33(35)34-26-30(18-20-36(34)39)28-38-41(22-24-43-6-3)32-15-11-8-12-16-32/h5-20,25-28H,2-4,21-24H2,1H3/b37-27+,38-28+. The summed E-state index contributed by atoms with van der Waals surface area (Å²) in [4.78, 5) is 0. The SMILES string of the molecule is C=COCCN(/N=C/c1ccc2c(c1)c1cc(/C=N/N(CCOC=C)c3ccccc3)ccc1n2CC)c1ccccc1. The average Bonchev–Trinajstić information content (AvgIpc) is 3.37. The first-order valence-electron chi connectivity index (χ1n) is 14.5. The van der Waals surface area contributed by atoms with Gasteiger partial charge in [0.15, 0.2) is 0 Å². The second kappa shape index (κ2) is 14.5. The number of aromatic nitrogens is 1. The number of hydrogen-bond donors (Lipinski definition) is 0. The summed E-state index contributed by atoms with van der Waals surface area (Å²) in [5.41, 5.74) is 6.42. The topological polar surface area (TPSA) is 54.6 Å². The summed E-state index contributed by atoms with van der Waals surface area (Å²) < 4.78 is 13.1. The van der Waals surface area contributed by atoms with Crippen molar-refractivity contribution in [2.75, 3.05) is 36.3 Å². The van der Waals surface area contributed by atoms with Crippen molar-refractivity contribution in [3.63, 3.8) is 0 Å². The Balaban J connectivity index is 1.47. The molecule has 0 aliphatic carbocycles. The molecule has 218 valence electrons. The van der Waals surface area contributed by atoms with Gasteiger partial charge in [-0.15, -0.1) is 0 Å². The van der Waals surface area contributed by atoms with Gasteiger partial charge in [-0.25, -0.2) is 0 Å². The minimum Gasteiger partial charge on any atom is -0.500 e. The summed E-state index contributed by atoms with van der Waals surface area (Å²) in [7, 11) is 0. The van der Waals surface area contributed by atoms with Crippen molar-refractivity contribution in [2.45, 2.75) is 13.5 Å². The Labute approximate surface area is 253 Å². The molecular weight excluding hydrogens is 534 g/mol. The monoisotopic (exact) mass is 571 g/mol. The van der Waals surface area contributed by atoms with E-state index in [4.69, 9.17) is 19.7 Å². The van der Waals surface area contributed by atoms with E-state index in [2.05, 4.69) is 61.0 Å². The van der Waals surface area contributed by atoms with Gasteiger partial charge in [0.1, 0.15) is 13.2 Å². The number of anilines is 2. The average molecular weight is 572 g/mol. The second-order valence-corrected chi connectivity index (χ2v) is 9.78. The fourth-order valence-corrected chi connectivity index (χ4v) is 5.07. The minimum atomic E-state index is 0.492. The highest BCUT2D eigenvalue weighted by Crippen LogP contribution is 2.30. The number of hydrogen-bond acceptors (Lipinski definition) is 6. The van der Waals surface area contributed by atoms with E-state index in [9.17, 15) is 0 Å². The molecule has 0 saturated carbocycles. The van der Waals surface area contributed by atoms with Gasteiger partial charge >= 0.3 is 0 Å². The molecule has 0 unspecified atom stereocenters. The highest BCUT2D eigenvalue weighted by Gasteiger charge is 2.12. The third-order valence-electron chi connectivity index (χ3n) is 7.11. The Morgan fingerprint density at radius 2 is 1.09 bits per heavy atom. The van der Waals surface area contributed by atoms with Gasteiger partial charge in [0.2, 0.25) is 0 Å². The molecule has 7 heteroatoms. The van der Waals surface area contributed by atoms with Crippen molar-refractivity contribution >= 4 is 45.6 Å². The zero-order chi connectivity index (χ0) is 29.9. The molecule has 1 heterocycles. The van der Waals surface area contributed by atoms with Crippen LogP contribution in [-0.2, 0) is 16.0 Å². The lowest BCUT2D eigenvalue weighted by atomic mass is 10.1. The van der Waals surface area contributed by atoms with Crippen LogP contribution in [0.15, 0.2) is 133 Å². The number of benzene rings is 4. The van der Waals surface area contributed by atoms with Crippen molar-refractivity contribution in [2.24, 2.45) is 10.2 Å². The van der Waals surface area contributed by atoms with E-state index in [1.54, 1.807) is 0 Å². The highest BCUT2D eigenvalue weighted by molar-refractivity contribution is 6.10. The Morgan fingerprint density at radius 3 is 1.49 bits per heavy atom. The lowest BCUT2D eigenvalue weighted by molar-refractivity contribution is 0.258. The van der Waals surface area contributed by atoms with E-state index in [0.717, 1.165) is 29.0 Å². The van der Waals surface area contributed by atoms with Gasteiger partial charge in [-0.2, -0.15) is 10.2 Å². The van der Waals surface area contributed by atoms with E-state index < -0.39 is 0 Å². The van der Waals surface area contributed by atoms with Crippen LogP contribution in [0.5, 0.6) is 0 Å². The fraction of sp³-hybridized carbons (Fsp3) is 0.167. The molecule has 0 aliphatic rings. The molecule has 0 fully saturated rings. The Hall–Kier alpha value is -5.30. The molecule has 0 saturated heterocycles. The van der Waals surface area contributed by atoms with E-state index >= 15 is 0 Å². The molecule has 5 aromatic rings. The molecule has 0 amide bonds. The van der Waals surface area contributed by atoms with E-state index in [1.807, 2.05) is 83.1 Å². The zero-order valence-corrected chi connectivity index (χ0v) is 24.5. The number of nitrogens with zero attached hydrogens (tertiary/aromatic N) is 5. The Bertz CT molecular complexity index is 1590. The van der Waals surface area contributed by atoms with Crippen molar-refractivity contribution in [1.82, 2.24) is 4.57 Å². The van der Waals surface area contributed by atoms with Gasteiger partial charge in [0, 0.05) is 28.4 Å². The van der Waals surface area contributed by atoms with Gasteiger partial charge < -0.3 is 14.0 Å². The first kappa shape index (κ1) is 29.2. The van der Waals surface area contributed by atoms with Gasteiger partial charge in [0.05, 0.1) is 49.4 Å². The summed E-state index contributed by atoms with van der Waals surface area (Å²) in [5.74, 6) is 0. The van der Waals surface area contributed by atoms with Gasteiger partial charge in [-0.1, -0.05) is 61.7 Å². The van der Waals surface area contributed by atoms with Crippen molar-refractivity contribution < 1.29 is 9.47 Å². The first-order valence-corrected chi connectivity index (χ1v) is 14.5. The fourth-order valence-electron chi connectivity index (χ4n) is 5.07. The molecule has 0 radical (unpaired) electrons. The zero-order valence-electron chi connectivity index (χ0n) is 24.5. The first-order chi connectivity index (χ1) is 21.2. The van der Waals surface area contributed by atoms with Crippen LogP contribution in [0.2, 0.25) is 0 Å². The highest BCUT2D eigenvalue weighted by atomic mass is 16.5. The molecule has 5 rings (SSSR count). The predicted molar refractivity (Wildman–Crippen MR) is 180 cm³/mol. The lowest BCUT2D eigenvalue weighted by Gasteiger charge is -2.18. The number of fused-ring (bicyclic) bond motifs is 3. The lowest BCUT2D eigenvalue weighted by Crippen LogP contribution is -2.21. The van der Waals surface area contributed by atoms with Crippen molar-refractivity contribution in [1.29, 1.82) is 0 Å². The maximum absolute atomic E-state index is 5.38. The largest absolute Gasteiger partial charge is 0.500 e. The second-order valence-electron chi connectivity index (χ2n) is 9.78. The molecule has 7 nitrogen and oxygen atoms in total. The molecule has 0 N–H and O–H groups in total. The van der Waals surface area contributed by atoms with Crippen molar-refractivity contribution in [3.05, 3.63) is 134 Å². The third kappa shape index (κ3) is 7.13. The molecular formula is C36H37N5O2. The van der Waals surface area contributed by atoms with Gasteiger partial charge in [-0.3, -0.25) is 10.0 Å². The van der Waals surface area contributed by atoms with Crippen LogP contribution in [0, 0.1) is 0 Å². The minimum absolute atomic E-state index is 0.492. The van der Waals surface area contributed by atoms with Crippen LogP contribution < -0.4 is 10.0 Å². The summed E-state index contributed by atoms with van der Waals surface area (Å²) in [5, 5.41) is 15.9. The molecule has 0 aliphatic heterocycles. The molecule has 4 aromatic carbocycles. The van der Waals surface area contributed by atoms with Gasteiger partial charge in [0.25, 0.3) is 0 Å². The van der Waals surface area contributed by atoms with Crippen molar-refractivity contribution in [3.8, 4) is 0 Å². The summed E-state index contributed by atoms with van der Waals surface area (Å²) >= 11 is 0. The van der Waals surface area contributed by atoms with Crippen LogP contribution in [0.4, 0.5) is 11.4 Å². The molecule has 1 aromatic heterocycles. The molecule has 0 spiro atoms. The van der Waals surface area contributed by atoms with Crippen LogP contribution in [0.1, 0.15) is 18.1 Å². The Kier molecular flexibility index (Phi) is 9.88. The maximum Gasteiger partial charge on any atom is 0.107 e. The maximum atomic E-state index is 5.38. The number of para-hydroxylation sites is 2. The normalized spacial score (nSPS) is 11.4. The number of ether oxygens (including phenoxy) is 2. The number of aryl methyl sites for hydroxylation is 1. The van der Waals surface area contributed by atoms with E-state index in [-0.39, 0.29) is 0 Å². The quantitative estimate of drug-likeness (QED) is 0.0557. The predicted octanol–water partition coefficient (Wildman–Crippen LogP) is 7.82.